The maximum absolute atomic E-state index is 10.8. The summed E-state index contributed by atoms with van der Waals surface area (Å²) >= 11 is 0. The van der Waals surface area contributed by atoms with Gasteiger partial charge in [0.1, 0.15) is 6.10 Å². The average Bonchev–Trinajstić information content (AvgIpc) is 2.70. The fourth-order valence-electron chi connectivity index (χ4n) is 5.77. The van der Waals surface area contributed by atoms with E-state index in [2.05, 4.69) is 18.8 Å². The van der Waals surface area contributed by atoms with Crippen molar-refractivity contribution in [2.24, 2.45) is 23.7 Å². The molecular weight excluding hydrogens is 356 g/mol. The van der Waals surface area contributed by atoms with Crippen LogP contribution in [0, 0.1) is 35.5 Å². The molecule has 0 saturated heterocycles. The number of aliphatic hydroxyl groups is 2. The predicted octanol–water partition coefficient (Wildman–Crippen LogP) is 3.14. The summed E-state index contributed by atoms with van der Waals surface area (Å²) in [7, 11) is 1.70. The van der Waals surface area contributed by atoms with E-state index in [0.29, 0.717) is 12.8 Å². The Balaban J connectivity index is 1.76. The first-order valence-corrected chi connectivity index (χ1v) is 10.8. The molecule has 28 heavy (non-hydrogen) atoms. The number of aliphatic hydroxyl groups excluding tert-OH is 2. The number of hydrogen-bond donors (Lipinski definition) is 3. The van der Waals surface area contributed by atoms with Crippen molar-refractivity contribution in [2.45, 2.75) is 82.5 Å². The molecule has 3 aliphatic carbocycles. The third kappa shape index (κ3) is 4.01. The van der Waals surface area contributed by atoms with Gasteiger partial charge in [-0.2, -0.15) is 0 Å². The first kappa shape index (κ1) is 21.4. The highest BCUT2D eigenvalue weighted by atomic mass is 16.5. The third-order valence-corrected chi connectivity index (χ3v) is 7.25. The normalized spacial score (nSPS) is 38.1. The molecule has 5 heteroatoms. The van der Waals surface area contributed by atoms with E-state index in [1.807, 2.05) is 6.08 Å². The molecule has 0 aromatic heterocycles. The minimum Gasteiger partial charge on any atom is -0.481 e. The molecule has 0 heterocycles. The zero-order valence-corrected chi connectivity index (χ0v) is 17.1. The van der Waals surface area contributed by atoms with Crippen LogP contribution in [-0.2, 0) is 9.53 Å². The van der Waals surface area contributed by atoms with Crippen LogP contribution in [0.4, 0.5) is 0 Å². The van der Waals surface area contributed by atoms with Crippen molar-refractivity contribution in [3.05, 3.63) is 11.6 Å². The van der Waals surface area contributed by atoms with Gasteiger partial charge < -0.3 is 20.1 Å². The molecule has 0 radical (unpaired) electrons. The summed E-state index contributed by atoms with van der Waals surface area (Å²) in [4.78, 5) is 10.8. The minimum atomic E-state index is -0.800. The van der Waals surface area contributed by atoms with E-state index in [4.69, 9.17) is 9.84 Å². The molecule has 156 valence electrons. The molecule has 3 saturated carbocycles. The maximum atomic E-state index is 10.8. The zero-order valence-electron chi connectivity index (χ0n) is 17.1. The van der Waals surface area contributed by atoms with Gasteiger partial charge in [-0.3, -0.25) is 4.79 Å². The molecule has 0 amide bonds. The lowest BCUT2D eigenvalue weighted by Gasteiger charge is -2.61. The SMILES string of the molecule is CO[C@@]12CC[C@H](O)[C@@H](C#CC(O)C3CCCCC3)[C@@H]1C(C)C2=CCCC(=O)O. The summed E-state index contributed by atoms with van der Waals surface area (Å²) < 4.78 is 5.96. The highest BCUT2D eigenvalue weighted by Gasteiger charge is 2.62. The molecule has 0 spiro atoms. The number of aliphatic carboxylic acids is 1. The largest absolute Gasteiger partial charge is 0.481 e. The lowest BCUT2D eigenvalue weighted by Crippen LogP contribution is -2.64. The van der Waals surface area contributed by atoms with Gasteiger partial charge in [0.25, 0.3) is 0 Å². The Morgan fingerprint density at radius 2 is 2.04 bits per heavy atom. The lowest BCUT2D eigenvalue weighted by atomic mass is 9.48. The second kappa shape index (κ2) is 8.98. The number of methoxy groups -OCH3 is 1. The van der Waals surface area contributed by atoms with Crippen LogP contribution in [0.3, 0.4) is 0 Å². The van der Waals surface area contributed by atoms with E-state index in [-0.39, 0.29) is 30.1 Å². The number of carboxylic acid groups (broad SMARTS) is 1. The Labute approximate surface area is 168 Å². The fraction of sp³-hybridized carbons (Fsp3) is 0.783. The molecule has 2 unspecified atom stereocenters. The molecule has 0 aromatic carbocycles. The zero-order chi connectivity index (χ0) is 20.3. The quantitative estimate of drug-likeness (QED) is 0.496. The molecule has 3 aliphatic rings. The van der Waals surface area contributed by atoms with E-state index in [0.717, 1.165) is 37.7 Å². The van der Waals surface area contributed by atoms with Crippen LogP contribution in [0.15, 0.2) is 11.6 Å². The third-order valence-electron chi connectivity index (χ3n) is 7.25. The summed E-state index contributed by atoms with van der Waals surface area (Å²) in [5.74, 6) is 5.79. The monoisotopic (exact) mass is 390 g/mol. The van der Waals surface area contributed by atoms with Crippen molar-refractivity contribution in [3.63, 3.8) is 0 Å². The average molecular weight is 391 g/mol. The number of rotatable bonds is 5. The van der Waals surface area contributed by atoms with Crippen molar-refractivity contribution in [3.8, 4) is 11.8 Å². The van der Waals surface area contributed by atoms with Gasteiger partial charge in [0.15, 0.2) is 0 Å². The van der Waals surface area contributed by atoms with Crippen molar-refractivity contribution in [1.82, 2.24) is 0 Å². The smallest absolute Gasteiger partial charge is 0.303 e. The number of hydrogen-bond acceptors (Lipinski definition) is 4. The van der Waals surface area contributed by atoms with E-state index in [1.165, 1.54) is 6.42 Å². The van der Waals surface area contributed by atoms with Gasteiger partial charge in [0.2, 0.25) is 0 Å². The summed E-state index contributed by atoms with van der Waals surface area (Å²) in [5, 5.41) is 30.1. The molecule has 0 bridgehead atoms. The predicted molar refractivity (Wildman–Crippen MR) is 106 cm³/mol. The number of fused-ring (bicyclic) bond motifs is 1. The number of allylic oxidation sites excluding steroid dienone is 1. The van der Waals surface area contributed by atoms with Crippen molar-refractivity contribution >= 4 is 5.97 Å². The topological polar surface area (TPSA) is 87.0 Å². The summed E-state index contributed by atoms with van der Waals surface area (Å²) in [5.41, 5.74) is 0.694. The molecular formula is C23H34O5. The van der Waals surface area contributed by atoms with Crippen LogP contribution in [0.2, 0.25) is 0 Å². The Morgan fingerprint density at radius 3 is 2.68 bits per heavy atom. The first-order chi connectivity index (χ1) is 13.4. The van der Waals surface area contributed by atoms with Crippen LogP contribution >= 0.6 is 0 Å². The van der Waals surface area contributed by atoms with Gasteiger partial charge in [-0.15, -0.1) is 0 Å². The van der Waals surface area contributed by atoms with E-state index in [1.54, 1.807) is 7.11 Å². The molecule has 3 rings (SSSR count). The molecule has 3 fully saturated rings. The lowest BCUT2D eigenvalue weighted by molar-refractivity contribution is -0.162. The van der Waals surface area contributed by atoms with Gasteiger partial charge in [-0.1, -0.05) is 44.1 Å². The van der Waals surface area contributed by atoms with Crippen LogP contribution in [0.25, 0.3) is 0 Å². The van der Waals surface area contributed by atoms with Gasteiger partial charge >= 0.3 is 5.97 Å². The van der Waals surface area contributed by atoms with E-state index < -0.39 is 23.8 Å². The Morgan fingerprint density at radius 1 is 1.32 bits per heavy atom. The molecule has 3 N–H and O–H groups in total. The van der Waals surface area contributed by atoms with Crippen molar-refractivity contribution < 1.29 is 24.9 Å². The minimum absolute atomic E-state index is 0.0726. The Bertz CT molecular complexity index is 654. The second-order valence-electron chi connectivity index (χ2n) is 8.76. The summed E-state index contributed by atoms with van der Waals surface area (Å²) in [6.45, 7) is 2.11. The highest BCUT2D eigenvalue weighted by molar-refractivity contribution is 5.66. The van der Waals surface area contributed by atoms with Crippen LogP contribution < -0.4 is 0 Å². The number of ether oxygens (including phenoxy) is 1. The molecule has 6 atom stereocenters. The molecule has 5 nitrogen and oxygen atoms in total. The number of carboxylic acids is 1. The van der Waals surface area contributed by atoms with E-state index >= 15 is 0 Å². The van der Waals surface area contributed by atoms with Gasteiger partial charge in [-0.25, -0.2) is 0 Å². The van der Waals surface area contributed by atoms with Gasteiger partial charge in [0.05, 0.1) is 17.6 Å². The van der Waals surface area contributed by atoms with Crippen LogP contribution in [-0.4, -0.2) is 46.2 Å². The highest BCUT2D eigenvalue weighted by Crippen LogP contribution is 2.60. The second-order valence-corrected chi connectivity index (χ2v) is 8.76. The maximum Gasteiger partial charge on any atom is 0.303 e. The van der Waals surface area contributed by atoms with Gasteiger partial charge in [0, 0.05) is 19.4 Å². The Kier molecular flexibility index (Phi) is 6.85. The van der Waals surface area contributed by atoms with Crippen molar-refractivity contribution in [1.29, 1.82) is 0 Å². The van der Waals surface area contributed by atoms with Crippen LogP contribution in [0.5, 0.6) is 0 Å². The van der Waals surface area contributed by atoms with Gasteiger partial charge in [-0.05, 0) is 49.5 Å². The van der Waals surface area contributed by atoms with E-state index in [9.17, 15) is 15.0 Å². The van der Waals surface area contributed by atoms with Crippen molar-refractivity contribution in [2.75, 3.05) is 7.11 Å². The Hall–Kier alpha value is -1.35. The summed E-state index contributed by atoms with van der Waals surface area (Å²) in [6, 6.07) is 0. The standard InChI is InChI=1S/C23H34O5/c1-15-18(9-6-10-21(26)27)23(28-2)14-13-20(25)17(22(15)23)11-12-19(24)16-7-4-3-5-8-16/h9,15-17,19-20,22,24-25H,3-8,10,13-14H2,1-2H3,(H,26,27)/t15?,17-,19?,20+,22+,23-/m1/s1. The van der Waals surface area contributed by atoms with Crippen LogP contribution in [0.1, 0.15) is 64.7 Å². The summed E-state index contributed by atoms with van der Waals surface area (Å²) in [6.07, 6.45) is 8.43. The fourth-order valence-corrected chi connectivity index (χ4v) is 5.77. The number of carbonyl (C=O) groups is 1. The molecule has 0 aromatic rings. The molecule has 0 aliphatic heterocycles. The first-order valence-electron chi connectivity index (χ1n) is 10.8.